The fourth-order valence-corrected chi connectivity index (χ4v) is 2.27. The van der Waals surface area contributed by atoms with Gasteiger partial charge in [0.05, 0.1) is 13.2 Å². The van der Waals surface area contributed by atoms with Gasteiger partial charge in [-0.25, -0.2) is 10.8 Å². The number of rotatable bonds is 4. The third kappa shape index (κ3) is 3.83. The van der Waals surface area contributed by atoms with Crippen molar-refractivity contribution in [3.8, 4) is 0 Å². The molecular weight excluding hydrogens is 218 g/mol. The zero-order chi connectivity index (χ0) is 12.8. The second-order valence-electron chi connectivity index (χ2n) is 4.76. The van der Waals surface area contributed by atoms with Crippen LogP contribution in [0.15, 0.2) is 4.99 Å². The number of nitrogens with one attached hydrogen (secondary N) is 1. The third-order valence-corrected chi connectivity index (χ3v) is 3.22. The SMILES string of the molecule is COCCN=C(NN)N1CC(C)C(N(C)C)C1. The van der Waals surface area contributed by atoms with Crippen molar-refractivity contribution in [1.82, 2.24) is 15.2 Å². The summed E-state index contributed by atoms with van der Waals surface area (Å²) in [6, 6.07) is 0.552. The molecule has 1 fully saturated rings. The highest BCUT2D eigenvalue weighted by atomic mass is 16.5. The second kappa shape index (κ2) is 6.78. The zero-order valence-electron chi connectivity index (χ0n) is 11.3. The van der Waals surface area contributed by atoms with E-state index in [2.05, 4.69) is 41.2 Å². The molecule has 0 aromatic rings. The van der Waals surface area contributed by atoms with E-state index in [4.69, 9.17) is 10.6 Å². The van der Waals surface area contributed by atoms with Crippen LogP contribution >= 0.6 is 0 Å². The molecule has 6 nitrogen and oxygen atoms in total. The molecule has 1 aliphatic heterocycles. The van der Waals surface area contributed by atoms with Crippen LogP contribution in [-0.4, -0.2) is 69.2 Å². The number of hydrazine groups is 1. The summed E-state index contributed by atoms with van der Waals surface area (Å²) in [5, 5.41) is 0. The highest BCUT2D eigenvalue weighted by Crippen LogP contribution is 2.19. The second-order valence-corrected chi connectivity index (χ2v) is 4.76. The van der Waals surface area contributed by atoms with Gasteiger partial charge in [-0.3, -0.25) is 5.43 Å². The Morgan fingerprint density at radius 3 is 2.71 bits per heavy atom. The number of hydrogen-bond acceptors (Lipinski definition) is 4. The minimum absolute atomic E-state index is 0.552. The molecule has 0 aliphatic carbocycles. The van der Waals surface area contributed by atoms with Crippen LogP contribution in [0.1, 0.15) is 6.92 Å². The van der Waals surface area contributed by atoms with Crippen molar-refractivity contribution in [1.29, 1.82) is 0 Å². The Hall–Kier alpha value is -0.850. The van der Waals surface area contributed by atoms with Crippen molar-refractivity contribution >= 4 is 5.96 Å². The summed E-state index contributed by atoms with van der Waals surface area (Å²) in [6.45, 7) is 5.45. The summed E-state index contributed by atoms with van der Waals surface area (Å²) in [6.07, 6.45) is 0. The van der Waals surface area contributed by atoms with Crippen LogP contribution in [0.5, 0.6) is 0 Å². The summed E-state index contributed by atoms with van der Waals surface area (Å²) >= 11 is 0. The van der Waals surface area contributed by atoms with Crippen LogP contribution in [0.4, 0.5) is 0 Å². The Balaban J connectivity index is 2.57. The lowest BCUT2D eigenvalue weighted by Crippen LogP contribution is -2.45. The van der Waals surface area contributed by atoms with E-state index in [0.717, 1.165) is 19.0 Å². The Morgan fingerprint density at radius 1 is 1.53 bits per heavy atom. The first-order chi connectivity index (χ1) is 8.10. The molecule has 0 amide bonds. The molecule has 0 radical (unpaired) electrons. The van der Waals surface area contributed by atoms with Crippen LogP contribution in [0.25, 0.3) is 0 Å². The highest BCUT2D eigenvalue weighted by molar-refractivity contribution is 5.79. The third-order valence-electron chi connectivity index (χ3n) is 3.22. The average Bonchev–Trinajstić information content (AvgIpc) is 2.67. The first-order valence-corrected chi connectivity index (χ1v) is 6.01. The molecule has 2 atom stereocenters. The van der Waals surface area contributed by atoms with Crippen molar-refractivity contribution in [3.05, 3.63) is 0 Å². The largest absolute Gasteiger partial charge is 0.383 e. The van der Waals surface area contributed by atoms with E-state index in [9.17, 15) is 0 Å². The van der Waals surface area contributed by atoms with Gasteiger partial charge >= 0.3 is 0 Å². The van der Waals surface area contributed by atoms with Crippen LogP contribution in [-0.2, 0) is 4.74 Å². The number of guanidine groups is 1. The van der Waals surface area contributed by atoms with Gasteiger partial charge in [0, 0.05) is 26.2 Å². The summed E-state index contributed by atoms with van der Waals surface area (Å²) in [7, 11) is 5.90. The molecule has 6 heteroatoms. The van der Waals surface area contributed by atoms with Crippen molar-refractivity contribution in [2.75, 3.05) is 47.4 Å². The molecule has 1 rings (SSSR count). The van der Waals surface area contributed by atoms with Gasteiger partial charge in [-0.1, -0.05) is 6.92 Å². The van der Waals surface area contributed by atoms with Crippen LogP contribution < -0.4 is 11.3 Å². The number of nitrogens with zero attached hydrogens (tertiary/aromatic N) is 3. The van der Waals surface area contributed by atoms with E-state index in [1.165, 1.54) is 0 Å². The number of likely N-dealkylation sites (tertiary alicyclic amines) is 1. The van der Waals surface area contributed by atoms with E-state index in [0.29, 0.717) is 25.1 Å². The van der Waals surface area contributed by atoms with E-state index in [1.54, 1.807) is 7.11 Å². The van der Waals surface area contributed by atoms with Crippen molar-refractivity contribution in [3.63, 3.8) is 0 Å². The minimum atomic E-state index is 0.552. The van der Waals surface area contributed by atoms with Gasteiger partial charge < -0.3 is 14.5 Å². The van der Waals surface area contributed by atoms with Gasteiger partial charge in [0.15, 0.2) is 0 Å². The van der Waals surface area contributed by atoms with E-state index >= 15 is 0 Å². The fraction of sp³-hybridized carbons (Fsp3) is 0.909. The monoisotopic (exact) mass is 243 g/mol. The number of nitrogens with two attached hydrogens (primary N) is 1. The molecule has 0 aromatic carbocycles. The molecule has 1 heterocycles. The van der Waals surface area contributed by atoms with Crippen molar-refractivity contribution in [2.24, 2.45) is 16.8 Å². The maximum atomic E-state index is 5.52. The van der Waals surface area contributed by atoms with Crippen molar-refractivity contribution < 1.29 is 4.74 Å². The smallest absolute Gasteiger partial charge is 0.208 e. The lowest BCUT2D eigenvalue weighted by atomic mass is 10.1. The molecule has 0 saturated carbocycles. The first-order valence-electron chi connectivity index (χ1n) is 6.01. The van der Waals surface area contributed by atoms with Crippen LogP contribution in [0.3, 0.4) is 0 Å². The van der Waals surface area contributed by atoms with E-state index in [-0.39, 0.29) is 0 Å². The molecule has 17 heavy (non-hydrogen) atoms. The van der Waals surface area contributed by atoms with Gasteiger partial charge in [-0.15, -0.1) is 0 Å². The Bertz CT molecular complexity index is 256. The Labute approximate surface area is 104 Å². The Morgan fingerprint density at radius 2 is 2.24 bits per heavy atom. The standard InChI is InChI=1S/C11H25N5O/c1-9-7-16(8-10(9)15(2)3)11(14-12)13-5-6-17-4/h9-10H,5-8,12H2,1-4H3,(H,13,14). The quantitative estimate of drug-likeness (QED) is 0.225. The topological polar surface area (TPSA) is 66.1 Å². The summed E-state index contributed by atoms with van der Waals surface area (Å²) < 4.78 is 4.98. The molecule has 100 valence electrons. The van der Waals surface area contributed by atoms with Gasteiger partial charge in [-0.05, 0) is 20.0 Å². The Kier molecular flexibility index (Phi) is 5.67. The summed E-state index contributed by atoms with van der Waals surface area (Å²) in [5.74, 6) is 6.90. The molecule has 2 unspecified atom stereocenters. The summed E-state index contributed by atoms with van der Waals surface area (Å²) in [4.78, 5) is 8.86. The molecule has 0 bridgehead atoms. The minimum Gasteiger partial charge on any atom is -0.383 e. The fourth-order valence-electron chi connectivity index (χ4n) is 2.27. The molecule has 3 N–H and O–H groups in total. The predicted molar refractivity (Wildman–Crippen MR) is 69.7 cm³/mol. The molecular formula is C11H25N5O. The molecule has 1 aliphatic rings. The molecule has 0 aromatic heterocycles. The normalized spacial score (nSPS) is 25.8. The molecule has 0 spiro atoms. The van der Waals surface area contributed by atoms with Gasteiger partial charge in [0.1, 0.15) is 0 Å². The lowest BCUT2D eigenvalue weighted by Gasteiger charge is -2.23. The molecule has 1 saturated heterocycles. The van der Waals surface area contributed by atoms with E-state index < -0.39 is 0 Å². The van der Waals surface area contributed by atoms with E-state index in [1.807, 2.05) is 0 Å². The van der Waals surface area contributed by atoms with Gasteiger partial charge in [0.25, 0.3) is 0 Å². The number of aliphatic imine (C=N–C) groups is 1. The van der Waals surface area contributed by atoms with Gasteiger partial charge in [-0.2, -0.15) is 0 Å². The zero-order valence-corrected chi connectivity index (χ0v) is 11.3. The van der Waals surface area contributed by atoms with Crippen LogP contribution in [0.2, 0.25) is 0 Å². The maximum Gasteiger partial charge on any atom is 0.208 e. The summed E-state index contributed by atoms with van der Waals surface area (Å²) in [5.41, 5.74) is 2.68. The lowest BCUT2D eigenvalue weighted by molar-refractivity contribution is 0.207. The predicted octanol–water partition coefficient (Wildman–Crippen LogP) is -0.666. The first kappa shape index (κ1) is 14.2. The number of likely N-dealkylation sites (N-methyl/N-ethyl adjacent to an activating group) is 1. The maximum absolute atomic E-state index is 5.52. The number of hydrogen-bond donors (Lipinski definition) is 2. The number of ether oxygens (including phenoxy) is 1. The average molecular weight is 243 g/mol. The van der Waals surface area contributed by atoms with Crippen molar-refractivity contribution in [2.45, 2.75) is 13.0 Å². The van der Waals surface area contributed by atoms with Gasteiger partial charge in [0.2, 0.25) is 5.96 Å². The number of methoxy groups -OCH3 is 1. The highest BCUT2D eigenvalue weighted by Gasteiger charge is 2.32. The van der Waals surface area contributed by atoms with Crippen LogP contribution in [0, 0.1) is 5.92 Å².